The Morgan fingerprint density at radius 1 is 1.50 bits per heavy atom. The molecule has 0 aliphatic rings. The lowest BCUT2D eigenvalue weighted by Crippen LogP contribution is -2.26. The molecule has 0 aliphatic carbocycles. The molecule has 5 nitrogen and oxygen atoms in total. The number of hydrazone groups is 1. The smallest absolute Gasteiger partial charge is 0.140 e. The molecule has 1 aromatic carbocycles. The molecule has 1 aromatic rings. The fourth-order valence-corrected chi connectivity index (χ4v) is 1.42. The van der Waals surface area contributed by atoms with Crippen molar-refractivity contribution >= 4 is 23.5 Å². The molecule has 1 atom stereocenters. The monoisotopic (exact) mass is 300 g/mol. The van der Waals surface area contributed by atoms with E-state index in [0.29, 0.717) is 24.2 Å². The molecular formula is C14H25ClN4O. The van der Waals surface area contributed by atoms with Gasteiger partial charge in [0.05, 0.1) is 5.69 Å². The molecule has 0 aromatic heterocycles. The minimum atomic E-state index is 0.189. The molecule has 1 unspecified atom stereocenters. The molecule has 0 aliphatic heterocycles. The highest BCUT2D eigenvalue weighted by Gasteiger charge is 1.97. The largest absolute Gasteiger partial charge is 0.506 e. The van der Waals surface area contributed by atoms with E-state index in [1.807, 2.05) is 13.0 Å². The van der Waals surface area contributed by atoms with Crippen LogP contribution in [-0.2, 0) is 0 Å². The van der Waals surface area contributed by atoms with E-state index in [9.17, 15) is 5.11 Å². The molecule has 0 bridgehead atoms. The van der Waals surface area contributed by atoms with Crippen molar-refractivity contribution in [1.29, 1.82) is 0 Å². The van der Waals surface area contributed by atoms with Crippen LogP contribution in [0.4, 0.5) is 5.69 Å². The van der Waals surface area contributed by atoms with Crippen LogP contribution in [-0.4, -0.2) is 36.3 Å². The second kappa shape index (κ2) is 11.5. The van der Waals surface area contributed by atoms with Gasteiger partial charge in [-0.3, -0.25) is 5.43 Å². The fourth-order valence-electron chi connectivity index (χ4n) is 1.31. The Hall–Kier alpha value is -1.30. The Kier molecular flexibility index (Phi) is 10.8. The number of hydrogen-bond donors (Lipinski definition) is 4. The van der Waals surface area contributed by atoms with E-state index in [-0.39, 0.29) is 5.75 Å². The molecule has 6 heteroatoms. The van der Waals surface area contributed by atoms with Gasteiger partial charge >= 0.3 is 0 Å². The third kappa shape index (κ3) is 8.74. The van der Waals surface area contributed by atoms with Crippen molar-refractivity contribution in [2.75, 3.05) is 24.4 Å². The zero-order valence-electron chi connectivity index (χ0n) is 12.4. The summed E-state index contributed by atoms with van der Waals surface area (Å²) in [7, 11) is 0. The lowest BCUT2D eigenvalue weighted by Gasteiger charge is -2.05. The molecule has 5 N–H and O–H groups in total. The average molecular weight is 301 g/mol. The topological polar surface area (TPSA) is 82.7 Å². The van der Waals surface area contributed by atoms with Gasteiger partial charge in [0.2, 0.25) is 0 Å². The standard InChI is InChI=1S/C9H13N3O.C5H12ClN/c1-7-2-3-8(9(13)6-7)12-11-5-4-10;1-3-7-5(2)4-6/h2-3,5-6,12-13H,4,10H2,1H3;5,7H,3-4H2,1-2H3/b11-5-;. The van der Waals surface area contributed by atoms with Gasteiger partial charge < -0.3 is 16.2 Å². The second-order valence-corrected chi connectivity index (χ2v) is 4.60. The number of anilines is 1. The lowest BCUT2D eigenvalue weighted by molar-refractivity contribution is 0.477. The minimum absolute atomic E-state index is 0.189. The molecular weight excluding hydrogens is 276 g/mol. The van der Waals surface area contributed by atoms with Crippen molar-refractivity contribution in [1.82, 2.24) is 5.32 Å². The molecule has 114 valence electrons. The van der Waals surface area contributed by atoms with Crippen LogP contribution in [0.2, 0.25) is 0 Å². The first-order valence-electron chi connectivity index (χ1n) is 6.61. The Bertz CT molecular complexity index is 399. The van der Waals surface area contributed by atoms with Crippen molar-refractivity contribution in [3.8, 4) is 5.75 Å². The summed E-state index contributed by atoms with van der Waals surface area (Å²) in [5.74, 6) is 0.891. The maximum absolute atomic E-state index is 9.42. The highest BCUT2D eigenvalue weighted by Crippen LogP contribution is 2.23. The van der Waals surface area contributed by atoms with Crippen LogP contribution in [0.25, 0.3) is 0 Å². The predicted octanol–water partition coefficient (Wildman–Crippen LogP) is 2.28. The van der Waals surface area contributed by atoms with Crippen LogP contribution in [0.5, 0.6) is 5.75 Å². The van der Waals surface area contributed by atoms with Crippen LogP contribution in [0.3, 0.4) is 0 Å². The minimum Gasteiger partial charge on any atom is -0.506 e. The summed E-state index contributed by atoms with van der Waals surface area (Å²) in [6.07, 6.45) is 1.53. The lowest BCUT2D eigenvalue weighted by atomic mass is 10.2. The van der Waals surface area contributed by atoms with Gasteiger partial charge in [-0.2, -0.15) is 5.10 Å². The molecule has 0 saturated carbocycles. The van der Waals surface area contributed by atoms with Crippen molar-refractivity contribution in [3.63, 3.8) is 0 Å². The van der Waals surface area contributed by atoms with Crippen LogP contribution < -0.4 is 16.5 Å². The van der Waals surface area contributed by atoms with Gasteiger partial charge in [0, 0.05) is 24.7 Å². The van der Waals surface area contributed by atoms with Gasteiger partial charge in [0.25, 0.3) is 0 Å². The number of rotatable bonds is 6. The van der Waals surface area contributed by atoms with E-state index in [2.05, 4.69) is 29.7 Å². The summed E-state index contributed by atoms with van der Waals surface area (Å²) < 4.78 is 0. The number of hydrogen-bond acceptors (Lipinski definition) is 5. The Balaban J connectivity index is 0.000000441. The van der Waals surface area contributed by atoms with Crippen LogP contribution >= 0.6 is 11.6 Å². The predicted molar refractivity (Wildman–Crippen MR) is 87.9 cm³/mol. The Morgan fingerprint density at radius 3 is 2.65 bits per heavy atom. The SMILES string of the molecule is CCNC(C)CCl.Cc1ccc(N/N=C\CN)c(O)c1. The van der Waals surface area contributed by atoms with Crippen LogP contribution in [0.1, 0.15) is 19.4 Å². The van der Waals surface area contributed by atoms with Gasteiger partial charge in [-0.05, 0) is 38.1 Å². The Labute approximate surface area is 126 Å². The molecule has 20 heavy (non-hydrogen) atoms. The first-order chi connectivity index (χ1) is 9.54. The number of nitrogens with two attached hydrogens (primary N) is 1. The maximum atomic E-state index is 9.42. The third-order valence-corrected chi connectivity index (χ3v) is 2.78. The Morgan fingerprint density at radius 2 is 2.20 bits per heavy atom. The van der Waals surface area contributed by atoms with Crippen molar-refractivity contribution in [2.24, 2.45) is 10.8 Å². The number of nitrogens with one attached hydrogen (secondary N) is 2. The van der Waals surface area contributed by atoms with E-state index in [0.717, 1.165) is 12.1 Å². The molecule has 0 fully saturated rings. The number of benzene rings is 1. The number of nitrogens with zero attached hydrogens (tertiary/aromatic N) is 1. The zero-order chi connectivity index (χ0) is 15.4. The van der Waals surface area contributed by atoms with E-state index >= 15 is 0 Å². The number of alkyl halides is 1. The second-order valence-electron chi connectivity index (χ2n) is 4.29. The first kappa shape index (κ1) is 18.7. The van der Waals surface area contributed by atoms with E-state index < -0.39 is 0 Å². The number of phenolic OH excluding ortho intramolecular Hbond substituents is 1. The summed E-state index contributed by atoms with van der Waals surface area (Å²) >= 11 is 5.47. The van der Waals surface area contributed by atoms with Gasteiger partial charge in [-0.1, -0.05) is 13.0 Å². The van der Waals surface area contributed by atoms with E-state index in [4.69, 9.17) is 17.3 Å². The van der Waals surface area contributed by atoms with E-state index in [1.165, 1.54) is 6.21 Å². The molecule has 1 rings (SSSR count). The van der Waals surface area contributed by atoms with Gasteiger partial charge in [-0.25, -0.2) is 0 Å². The summed E-state index contributed by atoms with van der Waals surface area (Å²) in [5.41, 5.74) is 9.47. The van der Waals surface area contributed by atoms with Crippen molar-refractivity contribution in [2.45, 2.75) is 26.8 Å². The van der Waals surface area contributed by atoms with E-state index in [1.54, 1.807) is 12.1 Å². The molecule has 0 spiro atoms. The fraction of sp³-hybridized carbons (Fsp3) is 0.500. The first-order valence-corrected chi connectivity index (χ1v) is 7.15. The maximum Gasteiger partial charge on any atom is 0.140 e. The normalized spacial score (nSPS) is 11.8. The highest BCUT2D eigenvalue weighted by atomic mass is 35.5. The summed E-state index contributed by atoms with van der Waals surface area (Å²) in [5, 5.41) is 16.4. The quantitative estimate of drug-likeness (QED) is 0.281. The number of halogens is 1. The van der Waals surface area contributed by atoms with Gasteiger partial charge in [-0.15, -0.1) is 11.6 Å². The summed E-state index contributed by atoms with van der Waals surface area (Å²) in [4.78, 5) is 0. The summed E-state index contributed by atoms with van der Waals surface area (Å²) in [6, 6.07) is 5.78. The van der Waals surface area contributed by atoms with Crippen molar-refractivity contribution < 1.29 is 5.11 Å². The van der Waals surface area contributed by atoms with Crippen LogP contribution in [0, 0.1) is 6.92 Å². The number of phenols is 1. The van der Waals surface area contributed by atoms with Crippen LogP contribution in [0.15, 0.2) is 23.3 Å². The molecule has 0 amide bonds. The highest BCUT2D eigenvalue weighted by molar-refractivity contribution is 6.18. The number of aryl methyl sites for hydroxylation is 1. The molecule has 0 saturated heterocycles. The van der Waals surface area contributed by atoms with Crippen molar-refractivity contribution in [3.05, 3.63) is 23.8 Å². The molecule has 0 radical (unpaired) electrons. The number of aromatic hydroxyl groups is 1. The van der Waals surface area contributed by atoms with Gasteiger partial charge in [0.15, 0.2) is 0 Å². The summed E-state index contributed by atoms with van der Waals surface area (Å²) in [6.45, 7) is 7.43. The average Bonchev–Trinajstić information content (AvgIpc) is 2.42. The molecule has 0 heterocycles. The zero-order valence-corrected chi connectivity index (χ0v) is 13.1. The third-order valence-electron chi connectivity index (χ3n) is 2.32. The van der Waals surface area contributed by atoms with Gasteiger partial charge in [0.1, 0.15) is 5.75 Å².